The molecule has 0 spiro atoms. The lowest BCUT2D eigenvalue weighted by Crippen LogP contribution is -2.26. The molecule has 0 radical (unpaired) electrons. The summed E-state index contributed by atoms with van der Waals surface area (Å²) in [6.45, 7) is -1.07. The van der Waals surface area contributed by atoms with Crippen molar-refractivity contribution in [3.8, 4) is 23.0 Å². The Labute approximate surface area is 152 Å². The van der Waals surface area contributed by atoms with Gasteiger partial charge in [-0.05, 0) is 7.05 Å². The van der Waals surface area contributed by atoms with E-state index in [-0.39, 0.29) is 6.07 Å². The summed E-state index contributed by atoms with van der Waals surface area (Å²) in [7, 11) is 0.944. The maximum atomic E-state index is 12.6. The first-order valence-corrected chi connectivity index (χ1v) is 6.69. The standard InChI is InChI=1S/C12H7F12NO4/c1-25-3-4-5(26-9(13,14)15)2-6(27-10(16,17)18)8(29-12(22,23)24)7(4)28-11(19,20)21/h2,25H,3H2,1H3. The lowest BCUT2D eigenvalue weighted by atomic mass is 10.1. The minimum absolute atomic E-state index is 0.377. The van der Waals surface area contributed by atoms with Crippen molar-refractivity contribution in [2.45, 2.75) is 32.0 Å². The van der Waals surface area contributed by atoms with Gasteiger partial charge in [-0.25, -0.2) is 0 Å². The van der Waals surface area contributed by atoms with Crippen LogP contribution in [0.3, 0.4) is 0 Å². The topological polar surface area (TPSA) is 49.0 Å². The van der Waals surface area contributed by atoms with Crippen molar-refractivity contribution in [3.63, 3.8) is 0 Å². The maximum Gasteiger partial charge on any atom is 0.573 e. The largest absolute Gasteiger partial charge is 0.573 e. The Morgan fingerprint density at radius 1 is 0.621 bits per heavy atom. The fourth-order valence-corrected chi connectivity index (χ4v) is 1.83. The van der Waals surface area contributed by atoms with E-state index in [9.17, 15) is 52.7 Å². The third kappa shape index (κ3) is 8.61. The lowest BCUT2D eigenvalue weighted by molar-refractivity contribution is -0.294. The first-order valence-electron chi connectivity index (χ1n) is 6.69. The predicted octanol–water partition coefficient (Wildman–Crippen LogP) is 5.00. The molecule has 1 rings (SSSR count). The molecular weight excluding hydrogens is 450 g/mol. The van der Waals surface area contributed by atoms with Gasteiger partial charge in [-0.15, -0.1) is 52.7 Å². The van der Waals surface area contributed by atoms with Crippen LogP contribution in [-0.4, -0.2) is 32.5 Å². The van der Waals surface area contributed by atoms with E-state index < -0.39 is 60.6 Å². The summed E-state index contributed by atoms with van der Waals surface area (Å²) >= 11 is 0. The molecule has 0 heterocycles. The summed E-state index contributed by atoms with van der Waals surface area (Å²) in [5.41, 5.74) is -1.39. The molecule has 17 heteroatoms. The van der Waals surface area contributed by atoms with Crippen LogP contribution in [-0.2, 0) is 6.54 Å². The molecule has 29 heavy (non-hydrogen) atoms. The molecule has 1 aromatic rings. The zero-order chi connectivity index (χ0) is 22.8. The molecule has 0 aromatic heterocycles. The molecule has 1 aromatic carbocycles. The molecule has 0 amide bonds. The third-order valence-electron chi connectivity index (χ3n) is 2.50. The first-order chi connectivity index (χ1) is 12.8. The molecule has 0 aliphatic heterocycles. The van der Waals surface area contributed by atoms with Crippen molar-refractivity contribution in [3.05, 3.63) is 11.6 Å². The van der Waals surface area contributed by atoms with Crippen LogP contribution in [0.2, 0.25) is 0 Å². The number of halogens is 12. The molecule has 1 N–H and O–H groups in total. The fraction of sp³-hybridized carbons (Fsp3) is 0.500. The van der Waals surface area contributed by atoms with Gasteiger partial charge in [0, 0.05) is 12.6 Å². The summed E-state index contributed by atoms with van der Waals surface area (Å²) in [5.74, 6) is -8.51. The summed E-state index contributed by atoms with van der Waals surface area (Å²) in [4.78, 5) is 0. The van der Waals surface area contributed by atoms with Gasteiger partial charge < -0.3 is 24.3 Å². The number of nitrogens with one attached hydrogen (secondary N) is 1. The molecule has 0 aliphatic rings. The van der Waals surface area contributed by atoms with Crippen LogP contribution in [0.1, 0.15) is 5.56 Å². The van der Waals surface area contributed by atoms with Gasteiger partial charge in [-0.2, -0.15) is 0 Å². The Kier molecular flexibility index (Phi) is 6.88. The van der Waals surface area contributed by atoms with Crippen LogP contribution in [0, 0.1) is 0 Å². The van der Waals surface area contributed by atoms with E-state index in [1.165, 1.54) is 0 Å². The Morgan fingerprint density at radius 3 is 1.38 bits per heavy atom. The zero-order valence-corrected chi connectivity index (χ0v) is 13.5. The number of rotatable bonds is 6. The van der Waals surface area contributed by atoms with Gasteiger partial charge in [0.2, 0.25) is 5.75 Å². The first kappa shape index (κ1) is 24.6. The predicted molar refractivity (Wildman–Crippen MR) is 65.9 cm³/mol. The summed E-state index contributed by atoms with van der Waals surface area (Å²) in [6, 6.07) is -0.377. The maximum absolute atomic E-state index is 12.6. The van der Waals surface area contributed by atoms with E-state index in [2.05, 4.69) is 18.9 Å². The van der Waals surface area contributed by atoms with Crippen molar-refractivity contribution in [1.29, 1.82) is 0 Å². The monoisotopic (exact) mass is 457 g/mol. The zero-order valence-electron chi connectivity index (χ0n) is 13.5. The highest BCUT2D eigenvalue weighted by molar-refractivity contribution is 5.62. The minimum atomic E-state index is -5.88. The van der Waals surface area contributed by atoms with E-state index in [1.807, 2.05) is 5.32 Å². The van der Waals surface area contributed by atoms with E-state index >= 15 is 0 Å². The molecule has 0 fully saturated rings. The molecule has 0 aliphatic carbocycles. The second kappa shape index (κ2) is 8.11. The molecule has 168 valence electrons. The van der Waals surface area contributed by atoms with Crippen LogP contribution >= 0.6 is 0 Å². The Morgan fingerprint density at radius 2 is 1.00 bits per heavy atom. The van der Waals surface area contributed by atoms with E-state index in [0.717, 1.165) is 7.05 Å². The highest BCUT2D eigenvalue weighted by Crippen LogP contribution is 2.51. The number of hydrogen-bond donors (Lipinski definition) is 1. The number of ether oxygens (including phenoxy) is 4. The minimum Gasteiger partial charge on any atom is -0.405 e. The molecule has 0 saturated carbocycles. The Hall–Kier alpha value is -2.46. The molecule has 0 unspecified atom stereocenters. The number of hydrogen-bond acceptors (Lipinski definition) is 5. The summed E-state index contributed by atoms with van der Waals surface area (Å²) in [6.07, 6.45) is -23.2. The van der Waals surface area contributed by atoms with Crippen LogP contribution < -0.4 is 24.3 Å². The van der Waals surface area contributed by atoms with Crippen LogP contribution in [0.15, 0.2) is 6.07 Å². The van der Waals surface area contributed by atoms with E-state index in [0.29, 0.717) is 0 Å². The van der Waals surface area contributed by atoms with Gasteiger partial charge in [-0.1, -0.05) is 0 Å². The third-order valence-corrected chi connectivity index (χ3v) is 2.50. The Bertz CT molecular complexity index is 707. The second-order valence-corrected chi connectivity index (χ2v) is 4.73. The average molecular weight is 457 g/mol. The van der Waals surface area contributed by atoms with E-state index in [1.54, 1.807) is 0 Å². The summed E-state index contributed by atoms with van der Waals surface area (Å²) < 4.78 is 163. The van der Waals surface area contributed by atoms with Gasteiger partial charge in [-0.3, -0.25) is 0 Å². The molecule has 0 bridgehead atoms. The van der Waals surface area contributed by atoms with Crippen LogP contribution in [0.25, 0.3) is 0 Å². The van der Waals surface area contributed by atoms with Gasteiger partial charge in [0.05, 0.1) is 5.56 Å². The fourth-order valence-electron chi connectivity index (χ4n) is 1.83. The SMILES string of the molecule is CNCc1c(OC(F)(F)F)cc(OC(F)(F)F)c(OC(F)(F)F)c1OC(F)(F)F. The van der Waals surface area contributed by atoms with Crippen molar-refractivity contribution in [2.75, 3.05) is 7.05 Å². The van der Waals surface area contributed by atoms with Gasteiger partial charge in [0.25, 0.3) is 0 Å². The average Bonchev–Trinajstić information content (AvgIpc) is 2.41. The van der Waals surface area contributed by atoms with Crippen molar-refractivity contribution >= 4 is 0 Å². The van der Waals surface area contributed by atoms with Gasteiger partial charge in [0.15, 0.2) is 11.5 Å². The molecule has 0 saturated heterocycles. The van der Waals surface area contributed by atoms with Crippen molar-refractivity contribution < 1.29 is 71.6 Å². The van der Waals surface area contributed by atoms with Gasteiger partial charge in [0.1, 0.15) is 5.75 Å². The second-order valence-electron chi connectivity index (χ2n) is 4.73. The molecular formula is C12H7F12NO4. The normalized spacial score (nSPS) is 13.3. The Balaban J connectivity index is 3.88. The van der Waals surface area contributed by atoms with Crippen LogP contribution in [0.4, 0.5) is 52.7 Å². The summed E-state index contributed by atoms with van der Waals surface area (Å²) in [5, 5.41) is 2.00. The highest BCUT2D eigenvalue weighted by Gasteiger charge is 2.44. The molecule has 5 nitrogen and oxygen atoms in total. The molecule has 0 atom stereocenters. The van der Waals surface area contributed by atoms with Crippen molar-refractivity contribution in [2.24, 2.45) is 0 Å². The van der Waals surface area contributed by atoms with Crippen LogP contribution in [0.5, 0.6) is 23.0 Å². The van der Waals surface area contributed by atoms with Gasteiger partial charge >= 0.3 is 25.4 Å². The number of alkyl halides is 12. The van der Waals surface area contributed by atoms with Crippen molar-refractivity contribution in [1.82, 2.24) is 5.32 Å². The lowest BCUT2D eigenvalue weighted by Gasteiger charge is -2.24. The quantitative estimate of drug-likeness (QED) is 0.610. The van der Waals surface area contributed by atoms with E-state index in [4.69, 9.17) is 0 Å². The highest BCUT2D eigenvalue weighted by atomic mass is 19.4. The smallest absolute Gasteiger partial charge is 0.405 e. The number of benzene rings is 1.